The number of hydrogen-bond donors (Lipinski definition) is 2. The van der Waals surface area contributed by atoms with E-state index in [-0.39, 0.29) is 12.6 Å². The van der Waals surface area contributed by atoms with Gasteiger partial charge in [-0.2, -0.15) is 0 Å². The third-order valence-electron chi connectivity index (χ3n) is 1.82. The van der Waals surface area contributed by atoms with Crippen molar-refractivity contribution in [1.29, 1.82) is 0 Å². The number of benzene rings is 1. The van der Waals surface area contributed by atoms with Crippen molar-refractivity contribution in [2.45, 2.75) is 6.04 Å². The Kier molecular flexibility index (Phi) is 3.66. The van der Waals surface area contributed by atoms with Gasteiger partial charge in [-0.1, -0.05) is 11.6 Å². The summed E-state index contributed by atoms with van der Waals surface area (Å²) in [5.41, 5.74) is 0.648. The fourth-order valence-corrected chi connectivity index (χ4v) is 1.37. The molecule has 72 valence electrons. The zero-order valence-electron chi connectivity index (χ0n) is 7.22. The molecule has 2 nitrogen and oxygen atoms in total. The molecule has 1 aromatic rings. The summed E-state index contributed by atoms with van der Waals surface area (Å²) in [4.78, 5) is 0. The number of halogens is 2. The molecule has 0 spiro atoms. The minimum Gasteiger partial charge on any atom is -0.394 e. The van der Waals surface area contributed by atoms with Gasteiger partial charge in [0.1, 0.15) is 5.82 Å². The molecular weight excluding hydrogens is 193 g/mol. The van der Waals surface area contributed by atoms with E-state index in [1.54, 1.807) is 13.1 Å². The Hall–Kier alpha value is -0.640. The lowest BCUT2D eigenvalue weighted by Crippen LogP contribution is -2.19. The first-order valence-corrected chi connectivity index (χ1v) is 4.29. The molecule has 1 atom stereocenters. The van der Waals surface area contributed by atoms with E-state index < -0.39 is 5.82 Å². The Morgan fingerprint density at radius 2 is 2.23 bits per heavy atom. The highest BCUT2D eigenvalue weighted by Crippen LogP contribution is 2.19. The van der Waals surface area contributed by atoms with Crippen LogP contribution in [0.4, 0.5) is 4.39 Å². The molecule has 4 heteroatoms. The molecule has 0 saturated heterocycles. The van der Waals surface area contributed by atoms with Crippen LogP contribution in [0.3, 0.4) is 0 Å². The second-order valence-electron chi connectivity index (χ2n) is 2.73. The molecule has 0 aromatic heterocycles. The smallest absolute Gasteiger partial charge is 0.125 e. The Morgan fingerprint density at radius 3 is 2.69 bits per heavy atom. The van der Waals surface area contributed by atoms with E-state index in [1.807, 2.05) is 0 Å². The Bertz CT molecular complexity index is 269. The maximum Gasteiger partial charge on any atom is 0.125 e. The Morgan fingerprint density at radius 1 is 1.54 bits per heavy atom. The van der Waals surface area contributed by atoms with Crippen LogP contribution in [0, 0.1) is 5.82 Å². The molecule has 0 fully saturated rings. The van der Waals surface area contributed by atoms with Crippen molar-refractivity contribution >= 4 is 11.6 Å². The average molecular weight is 204 g/mol. The average Bonchev–Trinajstić information content (AvgIpc) is 2.04. The molecule has 13 heavy (non-hydrogen) atoms. The number of aliphatic hydroxyl groups is 1. The number of hydrogen-bond acceptors (Lipinski definition) is 2. The van der Waals surface area contributed by atoms with Gasteiger partial charge in [-0.05, 0) is 30.8 Å². The van der Waals surface area contributed by atoms with Crippen molar-refractivity contribution in [3.05, 3.63) is 34.6 Å². The molecule has 0 radical (unpaired) electrons. The molecule has 0 aliphatic rings. The SMILES string of the molecule is CNC(CO)c1cc(F)cc(Cl)c1. The molecule has 1 unspecified atom stereocenters. The van der Waals surface area contributed by atoms with Gasteiger partial charge in [-0.25, -0.2) is 4.39 Å². The van der Waals surface area contributed by atoms with E-state index in [9.17, 15) is 4.39 Å². The van der Waals surface area contributed by atoms with Gasteiger partial charge in [-0.3, -0.25) is 0 Å². The lowest BCUT2D eigenvalue weighted by molar-refractivity contribution is 0.250. The van der Waals surface area contributed by atoms with E-state index >= 15 is 0 Å². The van der Waals surface area contributed by atoms with Crippen LogP contribution in [0.1, 0.15) is 11.6 Å². The van der Waals surface area contributed by atoms with Crippen molar-refractivity contribution < 1.29 is 9.50 Å². The van der Waals surface area contributed by atoms with Crippen LogP contribution in [-0.4, -0.2) is 18.8 Å². The monoisotopic (exact) mass is 203 g/mol. The van der Waals surface area contributed by atoms with Gasteiger partial charge in [0.25, 0.3) is 0 Å². The van der Waals surface area contributed by atoms with Gasteiger partial charge in [0.15, 0.2) is 0 Å². The molecule has 0 aliphatic heterocycles. The summed E-state index contributed by atoms with van der Waals surface area (Å²) in [7, 11) is 1.69. The molecular formula is C9H11ClFNO. The lowest BCUT2D eigenvalue weighted by atomic mass is 10.1. The summed E-state index contributed by atoms with van der Waals surface area (Å²) in [5.74, 6) is -0.392. The summed E-state index contributed by atoms with van der Waals surface area (Å²) < 4.78 is 12.9. The van der Waals surface area contributed by atoms with Gasteiger partial charge in [-0.15, -0.1) is 0 Å². The van der Waals surface area contributed by atoms with E-state index in [1.165, 1.54) is 12.1 Å². The molecule has 0 saturated carbocycles. The number of likely N-dealkylation sites (N-methyl/N-ethyl adjacent to an activating group) is 1. The predicted octanol–water partition coefficient (Wildman–Crippen LogP) is 1.73. The van der Waals surface area contributed by atoms with Gasteiger partial charge in [0.05, 0.1) is 12.6 Å². The highest BCUT2D eigenvalue weighted by atomic mass is 35.5. The van der Waals surface area contributed by atoms with Gasteiger partial charge in [0.2, 0.25) is 0 Å². The summed E-state index contributed by atoms with van der Waals surface area (Å²) in [6.07, 6.45) is 0. The molecule has 0 amide bonds. The Labute approximate surface area is 81.3 Å². The lowest BCUT2D eigenvalue weighted by Gasteiger charge is -2.13. The highest BCUT2D eigenvalue weighted by molar-refractivity contribution is 6.30. The van der Waals surface area contributed by atoms with Crippen LogP contribution in [0.25, 0.3) is 0 Å². The van der Waals surface area contributed by atoms with E-state index in [2.05, 4.69) is 5.32 Å². The minimum absolute atomic E-state index is 0.0870. The normalized spacial score (nSPS) is 12.9. The maximum absolute atomic E-state index is 12.9. The molecule has 1 aromatic carbocycles. The van der Waals surface area contributed by atoms with Crippen LogP contribution in [0.5, 0.6) is 0 Å². The fourth-order valence-electron chi connectivity index (χ4n) is 1.14. The number of nitrogens with one attached hydrogen (secondary N) is 1. The van der Waals surface area contributed by atoms with Gasteiger partial charge in [0, 0.05) is 5.02 Å². The molecule has 0 aliphatic carbocycles. The summed E-state index contributed by atoms with van der Waals surface area (Å²) in [6.45, 7) is -0.0870. The molecule has 2 N–H and O–H groups in total. The summed E-state index contributed by atoms with van der Waals surface area (Å²) in [6, 6.07) is 3.94. The topological polar surface area (TPSA) is 32.3 Å². The predicted molar refractivity (Wildman–Crippen MR) is 50.3 cm³/mol. The summed E-state index contributed by atoms with van der Waals surface area (Å²) in [5, 5.41) is 12.1. The second-order valence-corrected chi connectivity index (χ2v) is 3.16. The molecule has 0 bridgehead atoms. The van der Waals surface area contributed by atoms with E-state index in [4.69, 9.17) is 16.7 Å². The van der Waals surface area contributed by atoms with Crippen LogP contribution in [-0.2, 0) is 0 Å². The van der Waals surface area contributed by atoms with Crippen molar-refractivity contribution in [2.75, 3.05) is 13.7 Å². The van der Waals surface area contributed by atoms with Crippen LogP contribution < -0.4 is 5.32 Å². The van der Waals surface area contributed by atoms with Gasteiger partial charge < -0.3 is 10.4 Å². The standard InChI is InChI=1S/C9H11ClFNO/c1-12-9(5-13)6-2-7(10)4-8(11)3-6/h2-4,9,12-13H,5H2,1H3. The van der Waals surface area contributed by atoms with Gasteiger partial charge >= 0.3 is 0 Å². The minimum atomic E-state index is -0.392. The summed E-state index contributed by atoms with van der Waals surface area (Å²) >= 11 is 5.66. The van der Waals surface area contributed by atoms with Crippen LogP contribution >= 0.6 is 11.6 Å². The third kappa shape index (κ3) is 2.66. The highest BCUT2D eigenvalue weighted by Gasteiger charge is 2.09. The zero-order chi connectivity index (χ0) is 9.84. The second kappa shape index (κ2) is 4.56. The largest absolute Gasteiger partial charge is 0.394 e. The zero-order valence-corrected chi connectivity index (χ0v) is 7.98. The molecule has 1 rings (SSSR count). The first-order valence-electron chi connectivity index (χ1n) is 3.91. The van der Waals surface area contributed by atoms with E-state index in [0.29, 0.717) is 10.6 Å². The van der Waals surface area contributed by atoms with Crippen molar-refractivity contribution in [1.82, 2.24) is 5.32 Å². The first-order chi connectivity index (χ1) is 6.17. The Balaban J connectivity index is 2.99. The van der Waals surface area contributed by atoms with E-state index in [0.717, 1.165) is 0 Å². The number of rotatable bonds is 3. The van der Waals surface area contributed by atoms with Crippen LogP contribution in [0.15, 0.2) is 18.2 Å². The van der Waals surface area contributed by atoms with Crippen molar-refractivity contribution in [2.24, 2.45) is 0 Å². The third-order valence-corrected chi connectivity index (χ3v) is 2.04. The van der Waals surface area contributed by atoms with Crippen molar-refractivity contribution in [3.8, 4) is 0 Å². The van der Waals surface area contributed by atoms with Crippen molar-refractivity contribution in [3.63, 3.8) is 0 Å². The quantitative estimate of drug-likeness (QED) is 0.784. The molecule has 0 heterocycles. The fraction of sp³-hybridized carbons (Fsp3) is 0.333. The first kappa shape index (κ1) is 10.4. The number of aliphatic hydroxyl groups excluding tert-OH is 1. The van der Waals surface area contributed by atoms with Crippen LogP contribution in [0.2, 0.25) is 5.02 Å². The maximum atomic E-state index is 12.9.